The van der Waals surface area contributed by atoms with Crippen LogP contribution in [0.4, 0.5) is 0 Å². The average molecular weight is 820 g/mol. The summed E-state index contributed by atoms with van der Waals surface area (Å²) < 4.78 is 47.4. The van der Waals surface area contributed by atoms with E-state index in [1.807, 2.05) is 86.7 Å². The van der Waals surface area contributed by atoms with E-state index in [9.17, 15) is 0 Å². The molecule has 0 unspecified atom stereocenters. The van der Waals surface area contributed by atoms with Gasteiger partial charge in [-0.25, -0.2) is 9.15 Å². The molecule has 0 fully saturated rings. The molecule has 0 aromatic rings. The van der Waals surface area contributed by atoms with Crippen LogP contribution in [0.1, 0.15) is 54.4 Å². The van der Waals surface area contributed by atoms with E-state index in [0.29, 0.717) is 46.2 Å². The van der Waals surface area contributed by atoms with E-state index in [2.05, 4.69) is 64.9 Å². The van der Waals surface area contributed by atoms with Gasteiger partial charge in [-0.15, -0.1) is 0 Å². The molecule has 0 heterocycles. The topological polar surface area (TPSA) is 70.6 Å². The van der Waals surface area contributed by atoms with E-state index in [0.717, 1.165) is 42.2 Å². The third-order valence-electron chi connectivity index (χ3n) is 5.05. The molecule has 0 rings (SSSR count). The van der Waals surface area contributed by atoms with Crippen molar-refractivity contribution in [1.29, 1.82) is 0 Å². The standard InChI is InChI=1S/C24H54N2O6S6Si2.C2H5OSSi/c1-11-27-39(28-12-2,29-13-3)21-17-19-33-23(25(7)8)35-37-38-36-24(26(9)10)34-20-18-22-40(30-14-4,31-15-5)32-16-6;4-2-1-3-5/h11-22H2,1-10H3;4H,1-2H2/q+2;. The van der Waals surface area contributed by atoms with Gasteiger partial charge in [0.15, 0.2) is 0 Å². The van der Waals surface area contributed by atoms with Gasteiger partial charge in [0.2, 0.25) is 10.5 Å². The van der Waals surface area contributed by atoms with Crippen LogP contribution >= 0.6 is 77.4 Å². The Labute approximate surface area is 310 Å². The summed E-state index contributed by atoms with van der Waals surface area (Å²) in [7, 11) is 13.3. The van der Waals surface area contributed by atoms with Crippen LogP contribution in [0, 0.1) is 0 Å². The van der Waals surface area contributed by atoms with Crippen molar-refractivity contribution in [2.75, 3.05) is 91.7 Å². The zero-order chi connectivity index (χ0) is 34.4. The van der Waals surface area contributed by atoms with Gasteiger partial charge in [-0.3, -0.25) is 0 Å². The average Bonchev–Trinajstić information content (AvgIpc) is 2.98. The van der Waals surface area contributed by atoms with E-state index in [1.165, 1.54) is 8.75 Å². The Morgan fingerprint density at radius 3 is 1.11 bits per heavy atom. The number of thiol groups is 1. The quantitative estimate of drug-likeness (QED) is 0.0191. The SMILES string of the molecule is CCO[Si](CCCSC(SSSSC(SCCC[Si](OCC)(OCC)OCC)=[N+](C)C)=[N+](C)C)(OCC)OCC.[Si]OCCS. The molecule has 267 valence electrons. The third-order valence-corrected chi connectivity index (χ3v) is 21.7. The van der Waals surface area contributed by atoms with Crippen molar-refractivity contribution in [3.05, 3.63) is 0 Å². The Morgan fingerprint density at radius 2 is 0.911 bits per heavy atom. The molecular formula is C26H59N2O7S7Si3+2. The molecule has 0 aliphatic rings. The highest BCUT2D eigenvalue weighted by molar-refractivity contribution is 9.30. The van der Waals surface area contributed by atoms with Crippen LogP contribution in [0.25, 0.3) is 0 Å². The summed E-state index contributed by atoms with van der Waals surface area (Å²) in [5.74, 6) is 2.77. The van der Waals surface area contributed by atoms with Crippen molar-refractivity contribution in [2.24, 2.45) is 0 Å². The molecule has 0 N–H and O–H groups in total. The van der Waals surface area contributed by atoms with Crippen LogP contribution in [0.15, 0.2) is 0 Å². The lowest BCUT2D eigenvalue weighted by atomic mass is 10.6. The van der Waals surface area contributed by atoms with Gasteiger partial charge in [0.1, 0.15) is 28.2 Å². The van der Waals surface area contributed by atoms with Crippen LogP contribution in [-0.4, -0.2) is 138 Å². The van der Waals surface area contributed by atoms with Crippen molar-refractivity contribution in [2.45, 2.75) is 66.5 Å². The number of rotatable bonds is 25. The molecule has 0 spiro atoms. The second-order valence-corrected chi connectivity index (χ2v) is 23.6. The minimum atomic E-state index is -2.57. The van der Waals surface area contributed by atoms with Crippen LogP contribution in [0.2, 0.25) is 12.1 Å². The van der Waals surface area contributed by atoms with Gasteiger partial charge in [0.05, 0.1) is 0 Å². The largest absolute Gasteiger partial charge is 0.500 e. The fourth-order valence-electron chi connectivity index (χ4n) is 3.49. The fraction of sp³-hybridized carbons (Fsp3) is 0.923. The summed E-state index contributed by atoms with van der Waals surface area (Å²) in [6.07, 6.45) is 1.99. The van der Waals surface area contributed by atoms with Crippen molar-refractivity contribution in [1.82, 2.24) is 0 Å². The Hall–Kier alpha value is 2.16. The second kappa shape index (κ2) is 33.3. The predicted octanol–water partition coefficient (Wildman–Crippen LogP) is 7.28. The summed E-state index contributed by atoms with van der Waals surface area (Å²) in [6, 6.07) is 1.70. The van der Waals surface area contributed by atoms with Gasteiger partial charge in [0, 0.05) is 97.2 Å². The van der Waals surface area contributed by atoms with E-state index in [1.54, 1.807) is 19.7 Å². The molecule has 3 radical (unpaired) electrons. The first-order valence-corrected chi connectivity index (χ1v) is 27.0. The molecule has 0 atom stereocenters. The number of hydrogen-bond donors (Lipinski definition) is 1. The first-order valence-electron chi connectivity index (χ1n) is 15.3. The van der Waals surface area contributed by atoms with Crippen molar-refractivity contribution in [3.63, 3.8) is 0 Å². The number of hydrogen-bond acceptors (Lipinski definition) is 14. The van der Waals surface area contributed by atoms with Crippen molar-refractivity contribution in [3.8, 4) is 0 Å². The summed E-state index contributed by atoms with van der Waals surface area (Å²) in [5.41, 5.74) is 0. The van der Waals surface area contributed by atoms with Crippen LogP contribution in [0.5, 0.6) is 0 Å². The molecule has 0 aromatic heterocycles. The van der Waals surface area contributed by atoms with Crippen LogP contribution < -0.4 is 0 Å². The van der Waals surface area contributed by atoms with Gasteiger partial charge in [-0.1, -0.05) is 0 Å². The smallest absolute Gasteiger partial charge is 0.418 e. The van der Waals surface area contributed by atoms with E-state index >= 15 is 0 Å². The summed E-state index contributed by atoms with van der Waals surface area (Å²) >= 11 is 7.61. The van der Waals surface area contributed by atoms with E-state index < -0.39 is 17.6 Å². The molecule has 0 amide bonds. The highest BCUT2D eigenvalue weighted by Gasteiger charge is 2.40. The fourth-order valence-corrected chi connectivity index (χ4v) is 19.2. The molecule has 0 saturated carbocycles. The highest BCUT2D eigenvalue weighted by Crippen LogP contribution is 2.47. The van der Waals surface area contributed by atoms with Gasteiger partial charge >= 0.3 is 17.6 Å². The molecule has 19 heteroatoms. The molecule has 0 bridgehead atoms. The van der Waals surface area contributed by atoms with Crippen molar-refractivity contribution < 1.29 is 40.1 Å². The summed E-state index contributed by atoms with van der Waals surface area (Å²) in [4.78, 5) is 0. The number of thioether (sulfide) groups is 2. The molecule has 0 aliphatic heterocycles. The van der Waals surface area contributed by atoms with Gasteiger partial charge in [-0.2, -0.15) is 12.6 Å². The maximum Gasteiger partial charge on any atom is 0.500 e. The van der Waals surface area contributed by atoms with Gasteiger partial charge in [0.25, 0.3) is 8.75 Å². The Morgan fingerprint density at radius 1 is 0.600 bits per heavy atom. The zero-order valence-corrected chi connectivity index (χ0v) is 37.8. The van der Waals surface area contributed by atoms with E-state index in [-0.39, 0.29) is 0 Å². The molecular weight excluding hydrogens is 761 g/mol. The number of nitrogens with zero attached hydrogens (tertiary/aromatic N) is 2. The zero-order valence-electron chi connectivity index (χ0n) is 29.0. The predicted molar refractivity (Wildman–Crippen MR) is 215 cm³/mol. The van der Waals surface area contributed by atoms with Crippen LogP contribution in [0.3, 0.4) is 0 Å². The Bertz CT molecular complexity index is 680. The van der Waals surface area contributed by atoms with E-state index in [4.69, 9.17) is 26.6 Å². The summed E-state index contributed by atoms with van der Waals surface area (Å²) in [5, 5.41) is 0. The second-order valence-electron chi connectivity index (χ2n) is 9.06. The molecule has 0 aliphatic carbocycles. The highest BCUT2D eigenvalue weighted by atomic mass is 33.7. The minimum Gasteiger partial charge on any atom is -0.418 e. The first kappa shape index (κ1) is 49.3. The first-order chi connectivity index (χ1) is 21.6. The third kappa shape index (κ3) is 25.7. The van der Waals surface area contributed by atoms with Gasteiger partial charge in [-0.05, 0) is 97.6 Å². The Kier molecular flexibility index (Phi) is 36.5. The summed E-state index contributed by atoms with van der Waals surface area (Å²) in [6.45, 7) is 16.4. The van der Waals surface area contributed by atoms with Gasteiger partial charge < -0.3 is 31.0 Å². The maximum absolute atomic E-state index is 6.00. The van der Waals surface area contributed by atoms with Crippen molar-refractivity contribution >= 4 is 114 Å². The monoisotopic (exact) mass is 819 g/mol. The lowest BCUT2D eigenvalue weighted by molar-refractivity contribution is -0.458. The van der Waals surface area contributed by atoms with Crippen LogP contribution in [-0.2, 0) is 31.0 Å². The molecule has 45 heavy (non-hydrogen) atoms. The normalized spacial score (nSPS) is 11.7. The minimum absolute atomic E-state index is 0.621. The molecule has 0 saturated heterocycles. The Balaban J connectivity index is 0. The molecule has 0 aromatic carbocycles. The molecule has 9 nitrogen and oxygen atoms in total. The lowest BCUT2D eigenvalue weighted by Gasteiger charge is -2.28. The lowest BCUT2D eigenvalue weighted by Crippen LogP contribution is -2.46. The maximum atomic E-state index is 6.00.